The molecular formula is C11H13NO3. The minimum atomic E-state index is -0.444. The second kappa shape index (κ2) is 2.95. The quantitative estimate of drug-likeness (QED) is 0.604. The minimum absolute atomic E-state index is 0.148. The van der Waals surface area contributed by atoms with Crippen molar-refractivity contribution in [3.63, 3.8) is 0 Å². The third-order valence-electron chi connectivity index (χ3n) is 2.42. The van der Waals surface area contributed by atoms with Gasteiger partial charge in [-0.25, -0.2) is 0 Å². The van der Waals surface area contributed by atoms with Gasteiger partial charge in [0, 0.05) is 0 Å². The Hall–Kier alpha value is -1.58. The van der Waals surface area contributed by atoms with E-state index in [4.69, 9.17) is 4.74 Å². The minimum Gasteiger partial charge on any atom is -0.487 e. The Morgan fingerprint density at radius 3 is 2.73 bits per heavy atom. The van der Waals surface area contributed by atoms with Gasteiger partial charge in [0.05, 0.1) is 12.0 Å². The number of carbonyl (C=O) groups is 2. The number of amides is 2. The van der Waals surface area contributed by atoms with Crippen molar-refractivity contribution in [2.24, 2.45) is 0 Å². The first kappa shape index (κ1) is 9.96. The summed E-state index contributed by atoms with van der Waals surface area (Å²) < 4.78 is 5.61. The molecule has 0 unspecified atom stereocenters. The molecule has 0 bridgehead atoms. The molecule has 80 valence electrons. The number of hydrogen-bond acceptors (Lipinski definition) is 3. The zero-order valence-electron chi connectivity index (χ0n) is 9.01. The Balaban J connectivity index is 2.47. The lowest BCUT2D eigenvalue weighted by Gasteiger charge is -2.33. The average Bonchev–Trinajstić information content (AvgIpc) is 1.97. The fourth-order valence-corrected chi connectivity index (χ4v) is 2.02. The topological polar surface area (TPSA) is 55.4 Å². The predicted octanol–water partition coefficient (Wildman–Crippen LogP) is 1.04. The monoisotopic (exact) mass is 207 g/mol. The van der Waals surface area contributed by atoms with Gasteiger partial charge in [0.25, 0.3) is 5.91 Å². The Morgan fingerprint density at radius 1 is 1.40 bits per heavy atom. The summed E-state index contributed by atoms with van der Waals surface area (Å²) in [5.74, 6) is -0.163. The van der Waals surface area contributed by atoms with Crippen LogP contribution in [0.1, 0.15) is 27.2 Å². The normalized spacial score (nSPS) is 24.1. The Kier molecular flexibility index (Phi) is 1.96. The van der Waals surface area contributed by atoms with E-state index in [0.717, 1.165) is 5.57 Å². The van der Waals surface area contributed by atoms with Crippen LogP contribution in [0.15, 0.2) is 23.0 Å². The van der Waals surface area contributed by atoms with Crippen LogP contribution in [0, 0.1) is 0 Å². The van der Waals surface area contributed by atoms with Crippen LogP contribution in [0.2, 0.25) is 0 Å². The van der Waals surface area contributed by atoms with E-state index in [1.54, 1.807) is 0 Å². The van der Waals surface area contributed by atoms with Gasteiger partial charge in [-0.15, -0.1) is 0 Å². The highest BCUT2D eigenvalue weighted by molar-refractivity contribution is 6.10. The molecule has 0 radical (unpaired) electrons. The number of imide groups is 1. The van der Waals surface area contributed by atoms with Crippen LogP contribution in [0.4, 0.5) is 0 Å². The van der Waals surface area contributed by atoms with E-state index in [-0.39, 0.29) is 18.2 Å². The molecular weight excluding hydrogens is 194 g/mol. The number of hydrogen-bond donors (Lipinski definition) is 1. The van der Waals surface area contributed by atoms with Gasteiger partial charge in [-0.05, 0) is 32.4 Å². The molecule has 0 atom stereocenters. The standard InChI is InChI=1S/C11H13NO3/c1-6-5-11(2,3)15-7-4-8(13)12-10(14)9(6)7/h5H,4H2,1-3H3,(H,12,13,14). The van der Waals surface area contributed by atoms with Crippen LogP contribution in [0.25, 0.3) is 0 Å². The zero-order valence-corrected chi connectivity index (χ0v) is 9.01. The highest BCUT2D eigenvalue weighted by Crippen LogP contribution is 2.33. The molecule has 0 saturated carbocycles. The Morgan fingerprint density at radius 2 is 2.07 bits per heavy atom. The van der Waals surface area contributed by atoms with E-state index >= 15 is 0 Å². The molecule has 0 aromatic carbocycles. The van der Waals surface area contributed by atoms with E-state index in [1.807, 2.05) is 26.8 Å². The molecule has 4 heteroatoms. The first-order chi connectivity index (χ1) is 6.89. The van der Waals surface area contributed by atoms with Crippen LogP contribution in [0.3, 0.4) is 0 Å². The van der Waals surface area contributed by atoms with E-state index < -0.39 is 5.60 Å². The molecule has 0 spiro atoms. The highest BCUT2D eigenvalue weighted by atomic mass is 16.5. The smallest absolute Gasteiger partial charge is 0.261 e. The maximum Gasteiger partial charge on any atom is 0.261 e. The molecule has 1 N–H and O–H groups in total. The van der Waals surface area contributed by atoms with Gasteiger partial charge in [0.1, 0.15) is 11.4 Å². The largest absolute Gasteiger partial charge is 0.487 e. The van der Waals surface area contributed by atoms with Gasteiger partial charge in [0.15, 0.2) is 0 Å². The van der Waals surface area contributed by atoms with Crippen LogP contribution in [-0.4, -0.2) is 17.4 Å². The third-order valence-corrected chi connectivity index (χ3v) is 2.42. The van der Waals surface area contributed by atoms with Crippen molar-refractivity contribution in [3.05, 3.63) is 23.0 Å². The van der Waals surface area contributed by atoms with Crippen molar-refractivity contribution in [3.8, 4) is 0 Å². The van der Waals surface area contributed by atoms with Crippen LogP contribution in [0.5, 0.6) is 0 Å². The lowest BCUT2D eigenvalue weighted by atomic mass is 9.92. The van der Waals surface area contributed by atoms with Crippen LogP contribution in [-0.2, 0) is 14.3 Å². The summed E-state index contributed by atoms with van der Waals surface area (Å²) in [5.41, 5.74) is 0.932. The van der Waals surface area contributed by atoms with E-state index in [2.05, 4.69) is 5.32 Å². The molecule has 0 aliphatic carbocycles. The van der Waals surface area contributed by atoms with Gasteiger partial charge < -0.3 is 4.74 Å². The molecule has 0 saturated heterocycles. The molecule has 2 amide bonds. The van der Waals surface area contributed by atoms with Crippen molar-refractivity contribution in [2.45, 2.75) is 32.8 Å². The molecule has 15 heavy (non-hydrogen) atoms. The van der Waals surface area contributed by atoms with Crippen molar-refractivity contribution in [2.75, 3.05) is 0 Å². The lowest BCUT2D eigenvalue weighted by Crippen LogP contribution is -2.41. The fraction of sp³-hybridized carbons (Fsp3) is 0.455. The summed E-state index contributed by atoms with van der Waals surface area (Å²) in [6, 6.07) is 0. The maximum atomic E-state index is 11.5. The SMILES string of the molecule is CC1=CC(C)(C)OC2=C1C(=O)NC(=O)C2. The first-order valence-electron chi connectivity index (χ1n) is 4.85. The molecule has 4 nitrogen and oxygen atoms in total. The third kappa shape index (κ3) is 1.67. The zero-order chi connectivity index (χ0) is 11.2. The predicted molar refractivity (Wildman–Crippen MR) is 53.7 cm³/mol. The molecule has 0 aromatic rings. The summed E-state index contributed by atoms with van der Waals surface area (Å²) in [6.07, 6.45) is 2.04. The van der Waals surface area contributed by atoms with Crippen molar-refractivity contribution >= 4 is 11.8 Å². The summed E-state index contributed by atoms with van der Waals surface area (Å²) in [5, 5.41) is 2.28. The van der Waals surface area contributed by atoms with Gasteiger partial charge in [0.2, 0.25) is 5.91 Å². The van der Waals surface area contributed by atoms with E-state index in [1.165, 1.54) is 0 Å². The van der Waals surface area contributed by atoms with Gasteiger partial charge in [-0.3, -0.25) is 14.9 Å². The van der Waals surface area contributed by atoms with E-state index in [9.17, 15) is 9.59 Å². The van der Waals surface area contributed by atoms with Gasteiger partial charge in [-0.2, -0.15) is 0 Å². The van der Waals surface area contributed by atoms with Crippen LogP contribution < -0.4 is 5.32 Å². The molecule has 2 rings (SSSR count). The summed E-state index contributed by atoms with van der Waals surface area (Å²) in [4.78, 5) is 22.7. The second-order valence-electron chi connectivity index (χ2n) is 4.39. The second-order valence-corrected chi connectivity index (χ2v) is 4.39. The average molecular weight is 207 g/mol. The Labute approximate surface area is 88.0 Å². The number of ether oxygens (including phenoxy) is 1. The molecule has 0 fully saturated rings. The van der Waals surface area contributed by atoms with Crippen molar-refractivity contribution in [1.29, 1.82) is 0 Å². The maximum absolute atomic E-state index is 11.5. The fourth-order valence-electron chi connectivity index (χ4n) is 2.02. The van der Waals surface area contributed by atoms with Gasteiger partial charge >= 0.3 is 0 Å². The highest BCUT2D eigenvalue weighted by Gasteiger charge is 2.34. The lowest BCUT2D eigenvalue weighted by molar-refractivity contribution is -0.130. The van der Waals surface area contributed by atoms with E-state index in [0.29, 0.717) is 11.3 Å². The summed E-state index contributed by atoms with van der Waals surface area (Å²) in [6.45, 7) is 5.66. The van der Waals surface area contributed by atoms with Gasteiger partial charge in [-0.1, -0.05) is 0 Å². The van der Waals surface area contributed by atoms with Crippen molar-refractivity contribution < 1.29 is 14.3 Å². The number of nitrogens with one attached hydrogen (secondary N) is 1. The molecule has 2 heterocycles. The molecule has 0 aromatic heterocycles. The number of carbonyl (C=O) groups excluding carboxylic acids is 2. The summed E-state index contributed by atoms with van der Waals surface area (Å²) in [7, 11) is 0. The summed E-state index contributed by atoms with van der Waals surface area (Å²) >= 11 is 0. The molecule has 2 aliphatic heterocycles. The van der Waals surface area contributed by atoms with Crippen LogP contribution >= 0.6 is 0 Å². The number of rotatable bonds is 0. The Bertz CT molecular complexity index is 416. The molecule has 2 aliphatic rings. The van der Waals surface area contributed by atoms with Crippen molar-refractivity contribution in [1.82, 2.24) is 5.32 Å². The first-order valence-corrected chi connectivity index (χ1v) is 4.85.